The van der Waals surface area contributed by atoms with Crippen LogP contribution in [-0.4, -0.2) is 12.6 Å². The molecular formula is C21H18O3. The van der Waals surface area contributed by atoms with Crippen LogP contribution >= 0.6 is 0 Å². The van der Waals surface area contributed by atoms with Gasteiger partial charge >= 0.3 is 5.97 Å². The number of para-hydroxylation sites is 1. The minimum atomic E-state index is -0.859. The van der Waals surface area contributed by atoms with E-state index in [1.807, 2.05) is 66.7 Å². The Labute approximate surface area is 140 Å². The number of allylic oxidation sites excluding steroid dienone is 1. The second-order valence-corrected chi connectivity index (χ2v) is 6.13. The zero-order chi connectivity index (χ0) is 16.6. The van der Waals surface area contributed by atoms with Crippen LogP contribution in [0.2, 0.25) is 0 Å². The number of rotatable bonds is 4. The number of fused-ring (bicyclic) bond motifs is 1. The maximum Gasteiger partial charge on any atom is 0.320 e. The average molecular weight is 318 g/mol. The minimum Gasteiger partial charge on any atom is -0.465 e. The Morgan fingerprint density at radius 1 is 1.08 bits per heavy atom. The lowest BCUT2D eigenvalue weighted by Crippen LogP contribution is -2.37. The Morgan fingerprint density at radius 3 is 2.50 bits per heavy atom. The zero-order valence-corrected chi connectivity index (χ0v) is 13.3. The lowest BCUT2D eigenvalue weighted by molar-refractivity contribution is -0.143. The maximum absolute atomic E-state index is 12.8. The molecule has 0 N–H and O–H groups in total. The van der Waals surface area contributed by atoms with Gasteiger partial charge < -0.3 is 9.15 Å². The first kappa shape index (κ1) is 14.8. The molecule has 2 aromatic carbocycles. The monoisotopic (exact) mass is 318 g/mol. The Hall–Kier alpha value is -2.81. The average Bonchev–Trinajstić information content (AvgIpc) is 3.21. The molecule has 24 heavy (non-hydrogen) atoms. The molecule has 1 aromatic heterocycles. The van der Waals surface area contributed by atoms with Crippen molar-refractivity contribution in [3.8, 4) is 0 Å². The number of benzene rings is 2. The van der Waals surface area contributed by atoms with E-state index in [0.717, 1.165) is 16.5 Å². The van der Waals surface area contributed by atoms with Crippen molar-refractivity contribution in [3.63, 3.8) is 0 Å². The van der Waals surface area contributed by atoms with Gasteiger partial charge in [0.1, 0.15) is 16.8 Å². The first-order valence-electron chi connectivity index (χ1n) is 8.09. The summed E-state index contributed by atoms with van der Waals surface area (Å²) >= 11 is 0. The number of cyclic esters (lactones) is 1. The van der Waals surface area contributed by atoms with Crippen molar-refractivity contribution in [3.05, 3.63) is 84.6 Å². The number of furan rings is 1. The van der Waals surface area contributed by atoms with Gasteiger partial charge in [-0.1, -0.05) is 54.6 Å². The number of carbonyl (C=O) groups excluding carboxylic acids is 1. The summed E-state index contributed by atoms with van der Waals surface area (Å²) in [5.41, 5.74) is 0.955. The normalized spacial score (nSPS) is 21.6. The molecule has 1 saturated heterocycles. The highest BCUT2D eigenvalue weighted by atomic mass is 16.5. The second kappa shape index (κ2) is 5.68. The van der Waals surface area contributed by atoms with Crippen LogP contribution in [0.1, 0.15) is 23.7 Å². The van der Waals surface area contributed by atoms with Gasteiger partial charge in [-0.15, -0.1) is 6.58 Å². The SMILES string of the molecule is C=C[C@@H](c1ccccc1)[C@@]1(c2cc3ccccc3o2)CCOC1=O. The van der Waals surface area contributed by atoms with Crippen molar-refractivity contribution in [1.29, 1.82) is 0 Å². The third kappa shape index (κ3) is 2.08. The topological polar surface area (TPSA) is 39.4 Å². The fourth-order valence-electron chi connectivity index (χ4n) is 3.68. The first-order chi connectivity index (χ1) is 11.8. The van der Waals surface area contributed by atoms with Gasteiger partial charge in [0.2, 0.25) is 0 Å². The van der Waals surface area contributed by atoms with Crippen LogP contribution in [0, 0.1) is 0 Å². The maximum atomic E-state index is 12.8. The van der Waals surface area contributed by atoms with E-state index in [-0.39, 0.29) is 11.9 Å². The highest BCUT2D eigenvalue weighted by molar-refractivity contribution is 5.88. The predicted molar refractivity (Wildman–Crippen MR) is 92.8 cm³/mol. The van der Waals surface area contributed by atoms with Crippen molar-refractivity contribution in [2.75, 3.05) is 6.61 Å². The molecule has 3 aromatic rings. The minimum absolute atomic E-state index is 0.200. The standard InChI is InChI=1S/C21H18O3/c1-2-17(15-8-4-3-5-9-15)21(12-13-23-20(21)22)19-14-16-10-6-7-11-18(16)24-19/h2-11,14,17H,1,12-13H2/t17-,21+/m0/s1. The molecule has 0 aliphatic carbocycles. The highest BCUT2D eigenvalue weighted by Crippen LogP contribution is 2.48. The summed E-state index contributed by atoms with van der Waals surface area (Å²) < 4.78 is 11.5. The summed E-state index contributed by atoms with van der Waals surface area (Å²) in [4.78, 5) is 12.8. The van der Waals surface area contributed by atoms with Crippen LogP contribution in [0.4, 0.5) is 0 Å². The molecule has 0 unspecified atom stereocenters. The molecule has 3 nitrogen and oxygen atoms in total. The summed E-state index contributed by atoms with van der Waals surface area (Å²) in [7, 11) is 0. The molecule has 0 spiro atoms. The molecule has 0 bridgehead atoms. The number of esters is 1. The molecule has 120 valence electrons. The summed E-state index contributed by atoms with van der Waals surface area (Å²) in [6, 6.07) is 19.7. The molecule has 1 fully saturated rings. The van der Waals surface area contributed by atoms with Crippen LogP contribution in [0.15, 0.2) is 77.7 Å². The summed E-state index contributed by atoms with van der Waals surface area (Å²) in [6.07, 6.45) is 2.41. The van der Waals surface area contributed by atoms with Crippen molar-refractivity contribution in [2.45, 2.75) is 17.8 Å². The summed E-state index contributed by atoms with van der Waals surface area (Å²) in [5, 5.41) is 0.988. The lowest BCUT2D eigenvalue weighted by atomic mass is 9.69. The van der Waals surface area contributed by atoms with Gasteiger partial charge in [-0.25, -0.2) is 0 Å². The van der Waals surface area contributed by atoms with Gasteiger partial charge in [-0.3, -0.25) is 4.79 Å². The van der Waals surface area contributed by atoms with Crippen molar-refractivity contribution in [1.82, 2.24) is 0 Å². The van der Waals surface area contributed by atoms with Crippen molar-refractivity contribution < 1.29 is 13.9 Å². The van der Waals surface area contributed by atoms with Gasteiger partial charge in [0, 0.05) is 17.7 Å². The molecule has 3 heteroatoms. The van der Waals surface area contributed by atoms with Crippen LogP contribution in [0.5, 0.6) is 0 Å². The second-order valence-electron chi connectivity index (χ2n) is 6.13. The van der Waals surface area contributed by atoms with Gasteiger partial charge in [-0.05, 0) is 17.7 Å². The van der Waals surface area contributed by atoms with Crippen molar-refractivity contribution in [2.24, 2.45) is 0 Å². The Balaban J connectivity index is 1.92. The van der Waals surface area contributed by atoms with Crippen molar-refractivity contribution >= 4 is 16.9 Å². The van der Waals surface area contributed by atoms with Crippen LogP contribution in [0.3, 0.4) is 0 Å². The molecule has 2 atom stereocenters. The Kier molecular flexibility index (Phi) is 3.49. The third-order valence-electron chi connectivity index (χ3n) is 4.88. The molecule has 0 saturated carbocycles. The number of hydrogen-bond donors (Lipinski definition) is 0. The van der Waals surface area contributed by atoms with Gasteiger partial charge in [0.15, 0.2) is 0 Å². The van der Waals surface area contributed by atoms with Gasteiger partial charge in [0.05, 0.1) is 6.61 Å². The molecule has 2 heterocycles. The third-order valence-corrected chi connectivity index (χ3v) is 4.88. The number of ether oxygens (including phenoxy) is 1. The van der Waals surface area contributed by atoms with Crippen LogP contribution < -0.4 is 0 Å². The molecule has 4 rings (SSSR count). The largest absolute Gasteiger partial charge is 0.465 e. The van der Waals surface area contributed by atoms with Crippen LogP contribution in [-0.2, 0) is 14.9 Å². The summed E-state index contributed by atoms with van der Waals surface area (Å²) in [6.45, 7) is 4.39. The quantitative estimate of drug-likeness (QED) is 0.522. The molecular weight excluding hydrogens is 300 g/mol. The molecule has 0 radical (unpaired) electrons. The fraction of sp³-hybridized carbons (Fsp3) is 0.190. The zero-order valence-electron chi connectivity index (χ0n) is 13.3. The highest BCUT2D eigenvalue weighted by Gasteiger charge is 2.54. The van der Waals surface area contributed by atoms with E-state index in [1.165, 1.54) is 0 Å². The van der Waals surface area contributed by atoms with E-state index in [1.54, 1.807) is 0 Å². The van der Waals surface area contributed by atoms with Gasteiger partial charge in [-0.2, -0.15) is 0 Å². The number of carbonyl (C=O) groups is 1. The molecule has 1 aliphatic heterocycles. The van der Waals surface area contributed by atoms with E-state index in [0.29, 0.717) is 18.8 Å². The van der Waals surface area contributed by atoms with E-state index in [9.17, 15) is 4.79 Å². The van der Waals surface area contributed by atoms with E-state index < -0.39 is 5.41 Å². The smallest absolute Gasteiger partial charge is 0.320 e. The molecule has 1 aliphatic rings. The van der Waals surface area contributed by atoms with E-state index in [4.69, 9.17) is 9.15 Å². The van der Waals surface area contributed by atoms with E-state index >= 15 is 0 Å². The number of hydrogen-bond acceptors (Lipinski definition) is 3. The van der Waals surface area contributed by atoms with Gasteiger partial charge in [0.25, 0.3) is 0 Å². The Morgan fingerprint density at radius 2 is 1.83 bits per heavy atom. The predicted octanol–water partition coefficient (Wildman–Crippen LogP) is 4.59. The first-order valence-corrected chi connectivity index (χ1v) is 8.09. The van der Waals surface area contributed by atoms with E-state index in [2.05, 4.69) is 6.58 Å². The summed E-state index contributed by atoms with van der Waals surface area (Å²) in [5.74, 6) is 0.213. The fourth-order valence-corrected chi connectivity index (χ4v) is 3.68. The lowest BCUT2D eigenvalue weighted by Gasteiger charge is -2.30. The van der Waals surface area contributed by atoms with Crippen LogP contribution in [0.25, 0.3) is 11.0 Å². The Bertz CT molecular complexity index is 861. The molecule has 0 amide bonds.